The molecule has 0 fully saturated rings. The lowest BCUT2D eigenvalue weighted by molar-refractivity contribution is 0.112. The molecule has 2 rings (SSSR count). The number of rotatable bonds is 2. The van der Waals surface area contributed by atoms with Crippen LogP contribution in [0, 0.1) is 11.2 Å². The Balaban J connectivity index is 2.23. The smallest absolute Gasteiger partial charge is 0.188 e. The normalized spacial score (nSPS) is 15.2. The second kappa shape index (κ2) is 5.00. The molecule has 1 aliphatic rings. The van der Waals surface area contributed by atoms with Gasteiger partial charge in [0.15, 0.2) is 5.96 Å². The molecule has 0 saturated heterocycles. The highest BCUT2D eigenvalue weighted by molar-refractivity contribution is 5.79. The Bertz CT molecular complexity index is 525. The van der Waals surface area contributed by atoms with E-state index >= 15 is 0 Å². The number of nitrogens with zero attached hydrogens (tertiary/aromatic N) is 1. The fourth-order valence-corrected chi connectivity index (χ4v) is 2.00. The molecule has 0 bridgehead atoms. The summed E-state index contributed by atoms with van der Waals surface area (Å²) in [5.41, 5.74) is 7.13. The van der Waals surface area contributed by atoms with Crippen LogP contribution in [-0.4, -0.2) is 30.2 Å². The van der Waals surface area contributed by atoms with Gasteiger partial charge in [-0.2, -0.15) is 0 Å². The number of benzene rings is 1. The molecule has 1 aromatic carbocycles. The summed E-state index contributed by atoms with van der Waals surface area (Å²) in [5.74, 6) is -0.357. The predicted molar refractivity (Wildman–Crippen MR) is 67.9 cm³/mol. The van der Waals surface area contributed by atoms with Gasteiger partial charge in [0.05, 0.1) is 0 Å². The van der Waals surface area contributed by atoms with Crippen molar-refractivity contribution in [3.63, 3.8) is 0 Å². The molecule has 1 aromatic rings. The number of aldehydes is 1. The Hall–Kier alpha value is -2.17. The maximum absolute atomic E-state index is 13.8. The minimum absolute atomic E-state index is 0.0297. The summed E-state index contributed by atoms with van der Waals surface area (Å²) in [6, 6.07) is 4.46. The fourth-order valence-electron chi connectivity index (χ4n) is 2.00. The van der Waals surface area contributed by atoms with Gasteiger partial charge in [0.2, 0.25) is 0 Å². The van der Waals surface area contributed by atoms with Gasteiger partial charge in [0.1, 0.15) is 12.1 Å². The Morgan fingerprint density at radius 3 is 2.78 bits per heavy atom. The number of hydrogen-bond acceptors (Lipinski definition) is 2. The van der Waals surface area contributed by atoms with E-state index in [1.165, 1.54) is 6.07 Å². The maximum atomic E-state index is 13.8. The molecule has 0 unspecified atom stereocenters. The van der Waals surface area contributed by atoms with Crippen LogP contribution < -0.4 is 5.73 Å². The molecule has 0 spiro atoms. The quantitative estimate of drug-likeness (QED) is 0.474. The molecule has 5 heteroatoms. The van der Waals surface area contributed by atoms with E-state index < -0.39 is 0 Å². The van der Waals surface area contributed by atoms with Crippen LogP contribution in [0.4, 0.5) is 4.39 Å². The van der Waals surface area contributed by atoms with Crippen molar-refractivity contribution in [2.75, 3.05) is 13.1 Å². The molecule has 0 aromatic heterocycles. The molecule has 3 N–H and O–H groups in total. The van der Waals surface area contributed by atoms with E-state index in [2.05, 4.69) is 0 Å². The second-order valence-corrected chi connectivity index (χ2v) is 4.17. The number of nitrogens with two attached hydrogens (primary N) is 1. The number of halogens is 1. The third kappa shape index (κ3) is 2.40. The Morgan fingerprint density at radius 2 is 2.28 bits per heavy atom. The number of nitrogens with one attached hydrogen (secondary N) is 1. The van der Waals surface area contributed by atoms with Crippen molar-refractivity contribution in [3.8, 4) is 0 Å². The highest BCUT2D eigenvalue weighted by Crippen LogP contribution is 2.25. The standard InChI is InChI=1S/C13H14FN3O/c14-12-7-9(8-18)1-2-11(12)10-3-5-17(6-4-10)13(15)16/h1-3,7-8H,4-6H2,(H3,15,16). The van der Waals surface area contributed by atoms with Gasteiger partial charge in [0, 0.05) is 24.2 Å². The van der Waals surface area contributed by atoms with Crippen LogP contribution in [-0.2, 0) is 0 Å². The van der Waals surface area contributed by atoms with Gasteiger partial charge in [-0.15, -0.1) is 0 Å². The SMILES string of the molecule is N=C(N)N1CC=C(c2ccc(C=O)cc2F)CC1. The lowest BCUT2D eigenvalue weighted by atomic mass is 9.98. The van der Waals surface area contributed by atoms with Gasteiger partial charge in [-0.1, -0.05) is 18.2 Å². The van der Waals surface area contributed by atoms with Crippen molar-refractivity contribution in [3.05, 3.63) is 41.2 Å². The third-order valence-corrected chi connectivity index (χ3v) is 3.02. The monoisotopic (exact) mass is 247 g/mol. The molecular weight excluding hydrogens is 233 g/mol. The molecule has 18 heavy (non-hydrogen) atoms. The van der Waals surface area contributed by atoms with Crippen LogP contribution >= 0.6 is 0 Å². The van der Waals surface area contributed by atoms with E-state index in [0.717, 1.165) is 5.57 Å². The minimum Gasteiger partial charge on any atom is -0.370 e. The van der Waals surface area contributed by atoms with Crippen LogP contribution in [0.15, 0.2) is 24.3 Å². The van der Waals surface area contributed by atoms with Crippen LogP contribution in [0.25, 0.3) is 5.57 Å². The average Bonchev–Trinajstić information content (AvgIpc) is 2.38. The molecule has 1 heterocycles. The zero-order chi connectivity index (χ0) is 13.1. The van der Waals surface area contributed by atoms with Gasteiger partial charge < -0.3 is 10.6 Å². The largest absolute Gasteiger partial charge is 0.370 e. The molecule has 0 atom stereocenters. The highest BCUT2D eigenvalue weighted by Gasteiger charge is 2.16. The van der Waals surface area contributed by atoms with Crippen molar-refractivity contribution in [1.82, 2.24) is 4.90 Å². The summed E-state index contributed by atoms with van der Waals surface area (Å²) in [7, 11) is 0. The van der Waals surface area contributed by atoms with Crippen molar-refractivity contribution < 1.29 is 9.18 Å². The van der Waals surface area contributed by atoms with E-state index in [-0.39, 0.29) is 11.8 Å². The van der Waals surface area contributed by atoms with Crippen molar-refractivity contribution >= 4 is 17.8 Å². The van der Waals surface area contributed by atoms with E-state index in [0.29, 0.717) is 36.9 Å². The summed E-state index contributed by atoms with van der Waals surface area (Å²) in [4.78, 5) is 12.2. The highest BCUT2D eigenvalue weighted by atomic mass is 19.1. The van der Waals surface area contributed by atoms with Gasteiger partial charge in [-0.05, 0) is 18.1 Å². The molecule has 0 saturated carbocycles. The van der Waals surface area contributed by atoms with Crippen molar-refractivity contribution in [1.29, 1.82) is 5.41 Å². The lowest BCUT2D eigenvalue weighted by Crippen LogP contribution is -2.39. The second-order valence-electron chi connectivity index (χ2n) is 4.17. The van der Waals surface area contributed by atoms with Crippen LogP contribution in [0.2, 0.25) is 0 Å². The number of hydrogen-bond donors (Lipinski definition) is 2. The summed E-state index contributed by atoms with van der Waals surface area (Å²) in [6.07, 6.45) is 3.13. The minimum atomic E-state index is -0.387. The summed E-state index contributed by atoms with van der Waals surface area (Å²) >= 11 is 0. The van der Waals surface area contributed by atoms with Gasteiger partial charge in [0.25, 0.3) is 0 Å². The summed E-state index contributed by atoms with van der Waals surface area (Å²) < 4.78 is 13.8. The van der Waals surface area contributed by atoms with Crippen molar-refractivity contribution in [2.45, 2.75) is 6.42 Å². The van der Waals surface area contributed by atoms with E-state index in [1.54, 1.807) is 17.0 Å². The van der Waals surface area contributed by atoms with Crippen LogP contribution in [0.3, 0.4) is 0 Å². The average molecular weight is 247 g/mol. The van der Waals surface area contributed by atoms with Crippen molar-refractivity contribution in [2.24, 2.45) is 5.73 Å². The first kappa shape index (κ1) is 12.3. The van der Waals surface area contributed by atoms with Crippen LogP contribution in [0.1, 0.15) is 22.3 Å². The number of carbonyl (C=O) groups excluding carboxylic acids is 1. The molecular formula is C13H14FN3O. The number of guanidine groups is 1. The number of carbonyl (C=O) groups is 1. The first-order chi connectivity index (χ1) is 8.61. The third-order valence-electron chi connectivity index (χ3n) is 3.02. The molecule has 0 amide bonds. The van der Waals surface area contributed by atoms with E-state index in [9.17, 15) is 9.18 Å². The van der Waals surface area contributed by atoms with E-state index in [4.69, 9.17) is 11.1 Å². The zero-order valence-electron chi connectivity index (χ0n) is 9.82. The first-order valence-electron chi connectivity index (χ1n) is 5.65. The van der Waals surface area contributed by atoms with Crippen LogP contribution in [0.5, 0.6) is 0 Å². The van der Waals surface area contributed by atoms with Gasteiger partial charge in [-0.3, -0.25) is 10.2 Å². The summed E-state index contributed by atoms with van der Waals surface area (Å²) in [6.45, 7) is 1.12. The topological polar surface area (TPSA) is 70.2 Å². The molecule has 94 valence electrons. The lowest BCUT2D eigenvalue weighted by Gasteiger charge is -2.26. The fraction of sp³-hybridized carbons (Fsp3) is 0.231. The molecule has 0 aliphatic carbocycles. The first-order valence-corrected chi connectivity index (χ1v) is 5.65. The molecule has 0 radical (unpaired) electrons. The van der Waals surface area contributed by atoms with Gasteiger partial charge in [-0.25, -0.2) is 4.39 Å². The Morgan fingerprint density at radius 1 is 1.50 bits per heavy atom. The Labute approximate surface area is 104 Å². The molecule has 1 aliphatic heterocycles. The Kier molecular flexibility index (Phi) is 3.41. The summed E-state index contributed by atoms with van der Waals surface area (Å²) in [5, 5.41) is 7.32. The zero-order valence-corrected chi connectivity index (χ0v) is 9.82. The van der Waals surface area contributed by atoms with Gasteiger partial charge >= 0.3 is 0 Å². The molecule has 4 nitrogen and oxygen atoms in total. The maximum Gasteiger partial charge on any atom is 0.188 e. The van der Waals surface area contributed by atoms with E-state index in [1.807, 2.05) is 6.08 Å². The predicted octanol–water partition coefficient (Wildman–Crippen LogP) is 1.62.